The average molecular weight is 173 g/mol. The smallest absolute Gasteiger partial charge is 0.303 e. The maximum atomic E-state index is 10.4. The highest BCUT2D eigenvalue weighted by atomic mass is 16.4. The van der Waals surface area contributed by atoms with Gasteiger partial charge in [0.05, 0.1) is 0 Å². The zero-order chi connectivity index (χ0) is 9.72. The van der Waals surface area contributed by atoms with Crippen molar-refractivity contribution in [3.63, 3.8) is 0 Å². The molecule has 3 heteroatoms. The van der Waals surface area contributed by atoms with Gasteiger partial charge in [0.25, 0.3) is 0 Å². The topological polar surface area (TPSA) is 63.3 Å². The van der Waals surface area contributed by atoms with Gasteiger partial charge >= 0.3 is 5.97 Å². The third-order valence-corrected chi connectivity index (χ3v) is 2.28. The Kier molecular flexibility index (Phi) is 4.90. The molecule has 12 heavy (non-hydrogen) atoms. The molecule has 2 atom stereocenters. The van der Waals surface area contributed by atoms with Gasteiger partial charge in [0.2, 0.25) is 0 Å². The Balaban J connectivity index is 4.04. The van der Waals surface area contributed by atoms with Crippen LogP contribution in [-0.4, -0.2) is 17.1 Å². The van der Waals surface area contributed by atoms with E-state index in [9.17, 15) is 4.79 Å². The second-order valence-corrected chi connectivity index (χ2v) is 3.59. The number of rotatable bonds is 5. The molecule has 0 fully saturated rings. The minimum Gasteiger partial charge on any atom is -0.481 e. The summed E-state index contributed by atoms with van der Waals surface area (Å²) in [6, 6.07) is 0.00565. The first-order valence-corrected chi connectivity index (χ1v) is 4.46. The van der Waals surface area contributed by atoms with Crippen molar-refractivity contribution in [1.29, 1.82) is 0 Å². The minimum atomic E-state index is -0.752. The quantitative estimate of drug-likeness (QED) is 0.661. The van der Waals surface area contributed by atoms with E-state index in [0.29, 0.717) is 5.92 Å². The predicted octanol–water partition coefficient (Wildman–Crippen LogP) is 1.47. The van der Waals surface area contributed by atoms with Gasteiger partial charge in [-0.2, -0.15) is 0 Å². The highest BCUT2D eigenvalue weighted by molar-refractivity contribution is 5.67. The molecule has 0 aliphatic carbocycles. The molecule has 0 aromatic rings. The fourth-order valence-corrected chi connectivity index (χ4v) is 1.32. The van der Waals surface area contributed by atoms with E-state index < -0.39 is 5.97 Å². The number of nitrogens with two attached hydrogens (primary N) is 1. The summed E-state index contributed by atoms with van der Waals surface area (Å²) in [5, 5.41) is 8.59. The summed E-state index contributed by atoms with van der Waals surface area (Å²) in [7, 11) is 0. The summed E-state index contributed by atoms with van der Waals surface area (Å²) in [4.78, 5) is 10.4. The van der Waals surface area contributed by atoms with Crippen molar-refractivity contribution in [3.8, 4) is 0 Å². The summed E-state index contributed by atoms with van der Waals surface area (Å²) >= 11 is 0. The van der Waals surface area contributed by atoms with E-state index in [0.717, 1.165) is 6.42 Å². The summed E-state index contributed by atoms with van der Waals surface area (Å²) in [6.07, 6.45) is 1.03. The Morgan fingerprint density at radius 3 is 2.25 bits per heavy atom. The van der Waals surface area contributed by atoms with Crippen LogP contribution in [0.25, 0.3) is 0 Å². The largest absolute Gasteiger partial charge is 0.481 e. The van der Waals surface area contributed by atoms with Gasteiger partial charge in [0, 0.05) is 12.5 Å². The average Bonchev–Trinajstić information content (AvgIpc) is 1.98. The van der Waals surface area contributed by atoms with Crippen LogP contribution in [0.3, 0.4) is 0 Å². The van der Waals surface area contributed by atoms with Crippen molar-refractivity contribution in [3.05, 3.63) is 0 Å². The molecule has 3 nitrogen and oxygen atoms in total. The molecule has 0 amide bonds. The van der Waals surface area contributed by atoms with Gasteiger partial charge in [-0.15, -0.1) is 0 Å². The lowest BCUT2D eigenvalue weighted by molar-refractivity contribution is -0.138. The van der Waals surface area contributed by atoms with Crippen molar-refractivity contribution in [2.45, 2.75) is 39.7 Å². The summed E-state index contributed by atoms with van der Waals surface area (Å²) < 4.78 is 0. The van der Waals surface area contributed by atoms with E-state index in [1.165, 1.54) is 0 Å². The molecule has 0 rings (SSSR count). The molecule has 0 aromatic heterocycles. The second-order valence-electron chi connectivity index (χ2n) is 3.59. The number of carbonyl (C=O) groups is 1. The van der Waals surface area contributed by atoms with Crippen LogP contribution in [0, 0.1) is 11.8 Å². The Hall–Kier alpha value is -0.570. The zero-order valence-electron chi connectivity index (χ0n) is 8.08. The monoisotopic (exact) mass is 173 g/mol. The summed E-state index contributed by atoms with van der Waals surface area (Å²) in [5.41, 5.74) is 5.86. The minimum absolute atomic E-state index is 0.00565. The Labute approximate surface area is 74.0 Å². The first-order chi connectivity index (χ1) is 5.49. The van der Waals surface area contributed by atoms with E-state index in [1.54, 1.807) is 0 Å². The molecule has 0 spiro atoms. The van der Waals surface area contributed by atoms with E-state index in [2.05, 4.69) is 0 Å². The maximum absolute atomic E-state index is 10.4. The lowest BCUT2D eigenvalue weighted by Crippen LogP contribution is -2.36. The fraction of sp³-hybridized carbons (Fsp3) is 0.889. The van der Waals surface area contributed by atoms with Crippen LogP contribution >= 0.6 is 0 Å². The molecule has 0 saturated carbocycles. The number of aliphatic carboxylic acids is 1. The molecular formula is C9H19NO2. The Morgan fingerprint density at radius 2 is 2.00 bits per heavy atom. The summed E-state index contributed by atoms with van der Waals surface area (Å²) in [5.74, 6) is -0.283. The molecular weight excluding hydrogens is 154 g/mol. The molecule has 0 bridgehead atoms. The van der Waals surface area contributed by atoms with Gasteiger partial charge in [-0.3, -0.25) is 4.79 Å². The molecule has 0 unspecified atom stereocenters. The second kappa shape index (κ2) is 5.14. The van der Waals surface area contributed by atoms with Crippen molar-refractivity contribution < 1.29 is 9.90 Å². The molecule has 72 valence electrons. The van der Waals surface area contributed by atoms with E-state index in [1.807, 2.05) is 20.8 Å². The third kappa shape index (κ3) is 3.72. The molecule has 0 aliphatic rings. The van der Waals surface area contributed by atoms with Gasteiger partial charge in [-0.05, 0) is 11.8 Å². The van der Waals surface area contributed by atoms with Gasteiger partial charge in [-0.1, -0.05) is 27.2 Å². The summed E-state index contributed by atoms with van der Waals surface area (Å²) in [6.45, 7) is 6.03. The first-order valence-electron chi connectivity index (χ1n) is 4.46. The zero-order valence-corrected chi connectivity index (χ0v) is 8.08. The van der Waals surface area contributed by atoms with Crippen LogP contribution in [0.4, 0.5) is 0 Å². The molecule has 0 radical (unpaired) electrons. The number of carboxylic acids is 1. The Bertz CT molecular complexity index is 145. The normalized spacial score (nSPS) is 16.1. The van der Waals surface area contributed by atoms with E-state index >= 15 is 0 Å². The maximum Gasteiger partial charge on any atom is 0.303 e. The van der Waals surface area contributed by atoms with Crippen molar-refractivity contribution >= 4 is 5.97 Å². The number of hydrogen-bond donors (Lipinski definition) is 2. The van der Waals surface area contributed by atoms with Crippen LogP contribution < -0.4 is 5.73 Å². The SMILES string of the molecule is CC[C@H](CC(=O)O)[C@H](N)C(C)C. The van der Waals surface area contributed by atoms with Crippen molar-refractivity contribution in [1.82, 2.24) is 0 Å². The molecule has 3 N–H and O–H groups in total. The van der Waals surface area contributed by atoms with Crippen LogP contribution in [0.5, 0.6) is 0 Å². The third-order valence-electron chi connectivity index (χ3n) is 2.28. The number of hydrogen-bond acceptors (Lipinski definition) is 2. The highest BCUT2D eigenvalue weighted by Gasteiger charge is 2.21. The molecule has 0 heterocycles. The lowest BCUT2D eigenvalue weighted by atomic mass is 9.87. The molecule has 0 aliphatic heterocycles. The number of carboxylic acid groups (broad SMARTS) is 1. The highest BCUT2D eigenvalue weighted by Crippen LogP contribution is 2.17. The van der Waals surface area contributed by atoms with Crippen LogP contribution in [0.1, 0.15) is 33.6 Å². The van der Waals surface area contributed by atoms with E-state index in [4.69, 9.17) is 10.8 Å². The first kappa shape index (κ1) is 11.4. The molecule has 0 saturated heterocycles. The van der Waals surface area contributed by atoms with Crippen LogP contribution in [0.2, 0.25) is 0 Å². The van der Waals surface area contributed by atoms with E-state index in [-0.39, 0.29) is 18.4 Å². The van der Waals surface area contributed by atoms with Crippen molar-refractivity contribution in [2.75, 3.05) is 0 Å². The molecule has 0 aromatic carbocycles. The standard InChI is InChI=1S/C9H19NO2/c1-4-7(5-8(11)12)9(10)6(2)3/h6-7,9H,4-5,10H2,1-3H3,(H,11,12)/t7-,9-/m1/s1. The van der Waals surface area contributed by atoms with Gasteiger partial charge in [-0.25, -0.2) is 0 Å². The van der Waals surface area contributed by atoms with Gasteiger partial charge < -0.3 is 10.8 Å². The fourth-order valence-electron chi connectivity index (χ4n) is 1.32. The van der Waals surface area contributed by atoms with Gasteiger partial charge in [0.15, 0.2) is 0 Å². The van der Waals surface area contributed by atoms with Crippen LogP contribution in [0.15, 0.2) is 0 Å². The lowest BCUT2D eigenvalue weighted by Gasteiger charge is -2.24. The van der Waals surface area contributed by atoms with Crippen LogP contribution in [-0.2, 0) is 4.79 Å². The van der Waals surface area contributed by atoms with Gasteiger partial charge in [0.1, 0.15) is 0 Å². The van der Waals surface area contributed by atoms with Crippen molar-refractivity contribution in [2.24, 2.45) is 17.6 Å². The predicted molar refractivity (Wildman–Crippen MR) is 48.8 cm³/mol. The Morgan fingerprint density at radius 1 is 1.50 bits per heavy atom.